The third-order valence-corrected chi connectivity index (χ3v) is 6.54. The first-order valence-corrected chi connectivity index (χ1v) is 10.8. The minimum atomic E-state index is -0.162. The maximum absolute atomic E-state index is 12.5. The number of hydrogen-bond acceptors (Lipinski definition) is 7. The lowest BCUT2D eigenvalue weighted by Crippen LogP contribution is -2.57. The van der Waals surface area contributed by atoms with Gasteiger partial charge in [0.05, 0.1) is 31.1 Å². The number of ether oxygens (including phenoxy) is 3. The number of anilines is 1. The van der Waals surface area contributed by atoms with Crippen LogP contribution in [0.1, 0.15) is 19.3 Å². The Kier molecular flexibility index (Phi) is 6.15. The Morgan fingerprint density at radius 3 is 2.86 bits per heavy atom. The van der Waals surface area contributed by atoms with E-state index in [0.717, 1.165) is 49.4 Å². The zero-order chi connectivity index (χ0) is 20.3. The highest BCUT2D eigenvalue weighted by molar-refractivity contribution is 7.14. The van der Waals surface area contributed by atoms with E-state index in [1.807, 2.05) is 29.6 Å². The van der Waals surface area contributed by atoms with Crippen LogP contribution in [0, 0.1) is 0 Å². The molecule has 1 spiro atoms. The number of hydrogen-bond donors (Lipinski definition) is 1. The number of amides is 1. The van der Waals surface area contributed by atoms with E-state index in [1.165, 1.54) is 11.3 Å². The van der Waals surface area contributed by atoms with Crippen LogP contribution in [0.25, 0.3) is 11.3 Å². The molecule has 0 bridgehead atoms. The van der Waals surface area contributed by atoms with Crippen molar-refractivity contribution in [2.45, 2.75) is 31.0 Å². The number of piperidine rings is 1. The number of carbonyl (C=O) groups is 1. The van der Waals surface area contributed by atoms with Crippen LogP contribution in [0.5, 0.6) is 5.75 Å². The van der Waals surface area contributed by atoms with Crippen LogP contribution in [0.2, 0.25) is 0 Å². The number of thiazole rings is 1. The van der Waals surface area contributed by atoms with Crippen molar-refractivity contribution in [3.8, 4) is 17.0 Å². The topological polar surface area (TPSA) is 72.9 Å². The first-order chi connectivity index (χ1) is 14.1. The first-order valence-electron chi connectivity index (χ1n) is 9.91. The van der Waals surface area contributed by atoms with E-state index >= 15 is 0 Å². The van der Waals surface area contributed by atoms with E-state index < -0.39 is 0 Å². The Morgan fingerprint density at radius 2 is 2.17 bits per heavy atom. The van der Waals surface area contributed by atoms with E-state index in [0.29, 0.717) is 18.2 Å². The highest BCUT2D eigenvalue weighted by atomic mass is 32.1. The number of rotatable bonds is 6. The monoisotopic (exact) mass is 417 g/mol. The number of likely N-dealkylation sites (tertiary alicyclic amines) is 1. The van der Waals surface area contributed by atoms with E-state index in [1.54, 1.807) is 14.2 Å². The summed E-state index contributed by atoms with van der Waals surface area (Å²) in [7, 11) is 3.37. The van der Waals surface area contributed by atoms with Gasteiger partial charge in [0.1, 0.15) is 5.75 Å². The van der Waals surface area contributed by atoms with Crippen LogP contribution in [0.4, 0.5) is 5.13 Å². The SMILES string of the molecule is COc1ccc(-c2csc(NC(=O)CN3CC[C@@]4(CCCO4)[C@@H](OC)C3)n2)cc1. The van der Waals surface area contributed by atoms with Gasteiger partial charge in [-0.2, -0.15) is 0 Å². The molecule has 8 heteroatoms. The normalized spacial score (nSPS) is 24.7. The van der Waals surface area contributed by atoms with Crippen LogP contribution >= 0.6 is 11.3 Å². The summed E-state index contributed by atoms with van der Waals surface area (Å²) in [6, 6.07) is 7.71. The van der Waals surface area contributed by atoms with Gasteiger partial charge in [-0.3, -0.25) is 9.69 Å². The molecule has 2 atom stereocenters. The Bertz CT molecular complexity index is 833. The summed E-state index contributed by atoms with van der Waals surface area (Å²) in [4.78, 5) is 19.2. The van der Waals surface area contributed by atoms with E-state index in [2.05, 4.69) is 15.2 Å². The number of benzene rings is 1. The molecular formula is C21H27N3O4S. The molecule has 29 heavy (non-hydrogen) atoms. The lowest BCUT2D eigenvalue weighted by Gasteiger charge is -2.44. The molecule has 1 aromatic carbocycles. The summed E-state index contributed by atoms with van der Waals surface area (Å²) < 4.78 is 16.9. The molecule has 3 heterocycles. The van der Waals surface area contributed by atoms with Crippen molar-refractivity contribution in [3.63, 3.8) is 0 Å². The van der Waals surface area contributed by atoms with E-state index in [9.17, 15) is 4.79 Å². The second kappa shape index (κ2) is 8.79. The maximum Gasteiger partial charge on any atom is 0.240 e. The van der Waals surface area contributed by atoms with Crippen molar-refractivity contribution >= 4 is 22.4 Å². The smallest absolute Gasteiger partial charge is 0.240 e. The van der Waals surface area contributed by atoms with Crippen LogP contribution in [-0.2, 0) is 14.3 Å². The molecule has 0 radical (unpaired) electrons. The Labute approximate surface area is 175 Å². The van der Waals surface area contributed by atoms with Crippen molar-refractivity contribution in [2.24, 2.45) is 0 Å². The Morgan fingerprint density at radius 1 is 1.34 bits per heavy atom. The second-order valence-corrected chi connectivity index (χ2v) is 8.40. The van der Waals surface area contributed by atoms with Gasteiger partial charge < -0.3 is 19.5 Å². The predicted molar refractivity (Wildman–Crippen MR) is 113 cm³/mol. The van der Waals surface area contributed by atoms with Crippen LogP contribution in [0.3, 0.4) is 0 Å². The molecule has 1 aromatic heterocycles. The molecule has 2 saturated heterocycles. The van der Waals surface area contributed by atoms with Crippen molar-refractivity contribution in [3.05, 3.63) is 29.6 Å². The molecule has 0 saturated carbocycles. The average molecular weight is 418 g/mol. The van der Waals surface area contributed by atoms with Crippen molar-refractivity contribution in [1.29, 1.82) is 0 Å². The summed E-state index contributed by atoms with van der Waals surface area (Å²) in [5.74, 6) is 0.747. The minimum absolute atomic E-state index is 0.00749. The minimum Gasteiger partial charge on any atom is -0.497 e. The van der Waals surface area contributed by atoms with Gasteiger partial charge in [-0.15, -0.1) is 11.3 Å². The molecule has 0 unspecified atom stereocenters. The molecule has 2 aliphatic heterocycles. The van der Waals surface area contributed by atoms with Crippen molar-refractivity contribution in [2.75, 3.05) is 45.8 Å². The molecule has 0 aliphatic carbocycles. The fourth-order valence-electron chi connectivity index (χ4n) is 4.19. The third-order valence-electron chi connectivity index (χ3n) is 5.78. The quantitative estimate of drug-likeness (QED) is 0.779. The van der Waals surface area contributed by atoms with E-state index in [4.69, 9.17) is 14.2 Å². The summed E-state index contributed by atoms with van der Waals surface area (Å²) in [5, 5.41) is 5.48. The lowest BCUT2D eigenvalue weighted by molar-refractivity contribution is -0.145. The molecule has 7 nitrogen and oxygen atoms in total. The van der Waals surface area contributed by atoms with Gasteiger partial charge in [-0.1, -0.05) is 0 Å². The van der Waals surface area contributed by atoms with Crippen molar-refractivity contribution < 1.29 is 19.0 Å². The van der Waals surface area contributed by atoms with Gasteiger partial charge in [0, 0.05) is 37.7 Å². The van der Waals surface area contributed by atoms with E-state index in [-0.39, 0.29) is 17.6 Å². The van der Waals surface area contributed by atoms with Crippen LogP contribution in [-0.4, -0.2) is 68.0 Å². The zero-order valence-electron chi connectivity index (χ0n) is 16.8. The first kappa shape index (κ1) is 20.3. The molecule has 2 aliphatic rings. The molecule has 4 rings (SSSR count). The van der Waals surface area contributed by atoms with Gasteiger partial charge >= 0.3 is 0 Å². The Balaban J connectivity index is 1.32. The largest absolute Gasteiger partial charge is 0.497 e. The molecule has 2 fully saturated rings. The maximum atomic E-state index is 12.5. The fraction of sp³-hybridized carbons (Fsp3) is 0.524. The average Bonchev–Trinajstić information content (AvgIpc) is 3.40. The molecule has 1 N–H and O–H groups in total. The zero-order valence-corrected chi connectivity index (χ0v) is 17.7. The number of carbonyl (C=O) groups excluding carboxylic acids is 1. The van der Waals surface area contributed by atoms with Crippen molar-refractivity contribution in [1.82, 2.24) is 9.88 Å². The van der Waals surface area contributed by atoms with Gasteiger partial charge in [-0.25, -0.2) is 4.98 Å². The number of aromatic nitrogens is 1. The molecule has 156 valence electrons. The molecule has 2 aromatic rings. The summed E-state index contributed by atoms with van der Waals surface area (Å²) in [6.07, 6.45) is 3.03. The second-order valence-electron chi connectivity index (χ2n) is 7.54. The number of nitrogens with one attached hydrogen (secondary N) is 1. The third kappa shape index (κ3) is 4.45. The van der Waals surface area contributed by atoms with Gasteiger partial charge in [-0.05, 0) is 43.5 Å². The molecular weight excluding hydrogens is 390 g/mol. The highest BCUT2D eigenvalue weighted by Crippen LogP contribution is 2.37. The Hall–Kier alpha value is -2.00. The lowest BCUT2D eigenvalue weighted by atomic mass is 9.86. The summed E-state index contributed by atoms with van der Waals surface area (Å²) in [5.41, 5.74) is 1.67. The van der Waals surface area contributed by atoms with Crippen LogP contribution in [0.15, 0.2) is 29.6 Å². The molecule has 1 amide bonds. The highest BCUT2D eigenvalue weighted by Gasteiger charge is 2.46. The van der Waals surface area contributed by atoms with Crippen LogP contribution < -0.4 is 10.1 Å². The summed E-state index contributed by atoms with van der Waals surface area (Å²) in [6.45, 7) is 2.68. The standard InChI is InChI=1S/C21H27N3O4S/c1-26-16-6-4-15(5-7-16)17-14-29-20(22-17)23-19(25)13-24-10-9-21(8-3-11-28-21)18(12-24)27-2/h4-7,14,18H,3,8-13H2,1-2H3,(H,22,23,25)/t18-,21-/m0/s1. The summed E-state index contributed by atoms with van der Waals surface area (Å²) >= 11 is 1.43. The number of nitrogens with zero attached hydrogens (tertiary/aromatic N) is 2. The number of methoxy groups -OCH3 is 2. The van der Waals surface area contributed by atoms with Gasteiger partial charge in [0.15, 0.2) is 5.13 Å². The fourth-order valence-corrected chi connectivity index (χ4v) is 4.93. The predicted octanol–water partition coefficient (Wildman–Crippen LogP) is 3.03. The van der Waals surface area contributed by atoms with Gasteiger partial charge in [0.2, 0.25) is 5.91 Å². The van der Waals surface area contributed by atoms with Gasteiger partial charge in [0.25, 0.3) is 0 Å².